The number of halogens is 1. The Balaban J connectivity index is 1.95. The van der Waals surface area contributed by atoms with Crippen LogP contribution in [0.15, 0.2) is 24.3 Å². The standard InChI is InChI=1S/C18H23ClN2O4S/c1-11(16(22)20-14-7-8-14)25-18(24)15(9-10-26-2)21-17(23)12-3-5-13(19)6-4-12/h3-6,11,14-15H,7-10H2,1-2H3,(H,20,22)(H,21,23)/t11-,15+/m1/s1. The van der Waals surface area contributed by atoms with Crippen LogP contribution in [0, 0.1) is 0 Å². The summed E-state index contributed by atoms with van der Waals surface area (Å²) in [5, 5.41) is 6.00. The average Bonchev–Trinajstić information content (AvgIpc) is 3.42. The Morgan fingerprint density at radius 1 is 1.27 bits per heavy atom. The third-order valence-electron chi connectivity index (χ3n) is 3.89. The molecule has 1 aromatic carbocycles. The molecule has 0 bridgehead atoms. The second kappa shape index (κ2) is 9.83. The Bertz CT molecular complexity index is 649. The molecule has 2 N–H and O–H groups in total. The zero-order valence-corrected chi connectivity index (χ0v) is 16.4. The Kier molecular flexibility index (Phi) is 7.78. The first-order valence-electron chi connectivity index (χ1n) is 8.47. The molecule has 142 valence electrons. The van der Waals surface area contributed by atoms with Crippen molar-refractivity contribution in [3.05, 3.63) is 34.9 Å². The first-order chi connectivity index (χ1) is 12.4. The van der Waals surface area contributed by atoms with Gasteiger partial charge in [0, 0.05) is 16.6 Å². The minimum atomic E-state index is -0.896. The minimum Gasteiger partial charge on any atom is -0.451 e. The highest BCUT2D eigenvalue weighted by atomic mass is 35.5. The van der Waals surface area contributed by atoms with Gasteiger partial charge < -0.3 is 15.4 Å². The third-order valence-corrected chi connectivity index (χ3v) is 4.79. The van der Waals surface area contributed by atoms with Crippen molar-refractivity contribution in [2.45, 2.75) is 44.4 Å². The van der Waals surface area contributed by atoms with Crippen molar-refractivity contribution in [1.29, 1.82) is 0 Å². The largest absolute Gasteiger partial charge is 0.451 e. The number of carbonyl (C=O) groups is 3. The van der Waals surface area contributed by atoms with Gasteiger partial charge in [0.2, 0.25) is 0 Å². The lowest BCUT2D eigenvalue weighted by Crippen LogP contribution is -2.45. The van der Waals surface area contributed by atoms with Crippen molar-refractivity contribution >= 4 is 41.1 Å². The SMILES string of the molecule is CSCC[C@H](NC(=O)c1ccc(Cl)cc1)C(=O)O[C@H](C)C(=O)NC1CC1. The molecule has 1 fully saturated rings. The molecule has 0 spiro atoms. The van der Waals surface area contributed by atoms with Crippen LogP contribution in [0.25, 0.3) is 0 Å². The van der Waals surface area contributed by atoms with E-state index in [2.05, 4.69) is 10.6 Å². The van der Waals surface area contributed by atoms with Crippen molar-refractivity contribution in [2.24, 2.45) is 0 Å². The highest BCUT2D eigenvalue weighted by molar-refractivity contribution is 7.98. The molecule has 0 aliphatic heterocycles. The maximum atomic E-state index is 12.4. The van der Waals surface area contributed by atoms with Crippen LogP contribution in [0.2, 0.25) is 5.02 Å². The monoisotopic (exact) mass is 398 g/mol. The van der Waals surface area contributed by atoms with Gasteiger partial charge >= 0.3 is 5.97 Å². The quantitative estimate of drug-likeness (QED) is 0.624. The van der Waals surface area contributed by atoms with Gasteiger partial charge in [-0.1, -0.05) is 11.6 Å². The van der Waals surface area contributed by atoms with Crippen LogP contribution >= 0.6 is 23.4 Å². The van der Waals surface area contributed by atoms with Crippen LogP contribution in [0.3, 0.4) is 0 Å². The number of carbonyl (C=O) groups excluding carboxylic acids is 3. The summed E-state index contributed by atoms with van der Waals surface area (Å²) < 4.78 is 5.26. The fourth-order valence-corrected chi connectivity index (χ4v) is 2.78. The normalized spacial score (nSPS) is 15.7. The first kappa shape index (κ1) is 20.6. The summed E-state index contributed by atoms with van der Waals surface area (Å²) in [6.45, 7) is 1.53. The predicted octanol–water partition coefficient (Wildman–Crippen LogP) is 2.40. The van der Waals surface area contributed by atoms with Gasteiger partial charge in [-0.25, -0.2) is 4.79 Å². The Hall–Kier alpha value is -1.73. The van der Waals surface area contributed by atoms with Gasteiger partial charge in [-0.15, -0.1) is 0 Å². The number of rotatable bonds is 9. The molecule has 2 amide bonds. The molecule has 0 radical (unpaired) electrons. The number of thioether (sulfide) groups is 1. The summed E-state index contributed by atoms with van der Waals surface area (Å²) in [4.78, 5) is 36.7. The Labute approximate surface area is 162 Å². The van der Waals surface area contributed by atoms with Gasteiger partial charge in [0.25, 0.3) is 11.8 Å². The molecule has 6 nitrogen and oxygen atoms in total. The van der Waals surface area contributed by atoms with E-state index in [1.54, 1.807) is 36.0 Å². The molecule has 0 unspecified atom stereocenters. The van der Waals surface area contributed by atoms with E-state index in [1.807, 2.05) is 6.26 Å². The number of hydrogen-bond donors (Lipinski definition) is 2. The van der Waals surface area contributed by atoms with E-state index in [0.717, 1.165) is 12.8 Å². The summed E-state index contributed by atoms with van der Waals surface area (Å²) in [6.07, 6.45) is 3.35. The summed E-state index contributed by atoms with van der Waals surface area (Å²) in [5.41, 5.74) is 0.399. The molecular weight excluding hydrogens is 376 g/mol. The first-order valence-corrected chi connectivity index (χ1v) is 10.2. The minimum absolute atomic E-state index is 0.195. The van der Waals surface area contributed by atoms with Gasteiger partial charge in [0.15, 0.2) is 6.10 Å². The molecule has 0 aromatic heterocycles. The lowest BCUT2D eigenvalue weighted by molar-refractivity contribution is -0.156. The van der Waals surface area contributed by atoms with Crippen LogP contribution in [0.5, 0.6) is 0 Å². The molecule has 2 atom stereocenters. The second-order valence-electron chi connectivity index (χ2n) is 6.18. The van der Waals surface area contributed by atoms with Crippen LogP contribution < -0.4 is 10.6 Å². The third kappa shape index (κ3) is 6.53. The highest BCUT2D eigenvalue weighted by Crippen LogP contribution is 2.19. The molecule has 26 heavy (non-hydrogen) atoms. The molecule has 1 aliphatic carbocycles. The van der Waals surface area contributed by atoms with Crippen molar-refractivity contribution < 1.29 is 19.1 Å². The van der Waals surface area contributed by atoms with E-state index in [4.69, 9.17) is 16.3 Å². The fourth-order valence-electron chi connectivity index (χ4n) is 2.18. The van der Waals surface area contributed by atoms with E-state index in [1.165, 1.54) is 6.92 Å². The maximum Gasteiger partial charge on any atom is 0.329 e. The summed E-state index contributed by atoms with van der Waals surface area (Å²) in [6, 6.07) is 5.76. The zero-order chi connectivity index (χ0) is 19.1. The maximum absolute atomic E-state index is 12.4. The number of nitrogens with one attached hydrogen (secondary N) is 2. The fraction of sp³-hybridized carbons (Fsp3) is 0.500. The van der Waals surface area contributed by atoms with Gasteiger partial charge in [0.1, 0.15) is 6.04 Å². The van der Waals surface area contributed by atoms with Crippen molar-refractivity contribution in [3.8, 4) is 0 Å². The van der Waals surface area contributed by atoms with E-state index >= 15 is 0 Å². The van der Waals surface area contributed by atoms with E-state index < -0.39 is 18.1 Å². The van der Waals surface area contributed by atoms with Crippen molar-refractivity contribution in [2.75, 3.05) is 12.0 Å². The molecule has 0 saturated heterocycles. The molecule has 1 aliphatic rings. The Morgan fingerprint density at radius 2 is 1.92 bits per heavy atom. The van der Waals surface area contributed by atoms with Crippen molar-refractivity contribution in [1.82, 2.24) is 10.6 Å². The molecule has 2 rings (SSSR count). The second-order valence-corrected chi connectivity index (χ2v) is 7.60. The molecule has 1 saturated carbocycles. The van der Waals surface area contributed by atoms with Crippen molar-refractivity contribution in [3.63, 3.8) is 0 Å². The summed E-state index contributed by atoms with van der Waals surface area (Å²) in [5.74, 6) is -0.642. The Morgan fingerprint density at radius 3 is 2.50 bits per heavy atom. The molecular formula is C18H23ClN2O4S. The van der Waals surface area contributed by atoms with Gasteiger partial charge in [0.05, 0.1) is 0 Å². The van der Waals surface area contributed by atoms with E-state index in [-0.39, 0.29) is 17.9 Å². The molecule has 0 heterocycles. The zero-order valence-electron chi connectivity index (χ0n) is 14.8. The van der Waals surface area contributed by atoms with E-state index in [0.29, 0.717) is 22.8 Å². The molecule has 8 heteroatoms. The lowest BCUT2D eigenvalue weighted by atomic mass is 10.1. The highest BCUT2D eigenvalue weighted by Gasteiger charge is 2.29. The lowest BCUT2D eigenvalue weighted by Gasteiger charge is -2.20. The van der Waals surface area contributed by atoms with Gasteiger partial charge in [-0.3, -0.25) is 9.59 Å². The molecule has 1 aromatic rings. The number of esters is 1. The van der Waals surface area contributed by atoms with E-state index in [9.17, 15) is 14.4 Å². The van der Waals surface area contributed by atoms with Crippen LogP contribution in [-0.4, -0.2) is 48.0 Å². The van der Waals surface area contributed by atoms with Crippen LogP contribution in [0.4, 0.5) is 0 Å². The number of ether oxygens (including phenoxy) is 1. The summed E-state index contributed by atoms with van der Waals surface area (Å²) >= 11 is 7.38. The smallest absolute Gasteiger partial charge is 0.329 e. The topological polar surface area (TPSA) is 84.5 Å². The van der Waals surface area contributed by atoms with Crippen LogP contribution in [0.1, 0.15) is 36.5 Å². The van der Waals surface area contributed by atoms with Crippen LogP contribution in [-0.2, 0) is 14.3 Å². The van der Waals surface area contributed by atoms with Gasteiger partial charge in [-0.2, -0.15) is 11.8 Å². The number of amides is 2. The number of benzene rings is 1. The number of hydrogen-bond acceptors (Lipinski definition) is 5. The van der Waals surface area contributed by atoms with Gasteiger partial charge in [-0.05, 0) is 62.5 Å². The average molecular weight is 399 g/mol. The summed E-state index contributed by atoms with van der Waals surface area (Å²) in [7, 11) is 0. The predicted molar refractivity (Wildman–Crippen MR) is 102 cm³/mol.